The van der Waals surface area contributed by atoms with Crippen molar-refractivity contribution in [1.82, 2.24) is 10.3 Å². The van der Waals surface area contributed by atoms with Crippen LogP contribution in [0.25, 0.3) is 17.3 Å². The fourth-order valence-electron chi connectivity index (χ4n) is 2.72. The third kappa shape index (κ3) is 5.85. The van der Waals surface area contributed by atoms with Gasteiger partial charge in [0.05, 0.1) is 11.7 Å². The number of benzene rings is 2. The average molecular weight is 470 g/mol. The van der Waals surface area contributed by atoms with E-state index in [1.54, 1.807) is 6.08 Å². The lowest BCUT2D eigenvalue weighted by Gasteiger charge is -2.12. The first kappa shape index (κ1) is 21.0. The van der Waals surface area contributed by atoms with Gasteiger partial charge in [-0.2, -0.15) is 0 Å². The van der Waals surface area contributed by atoms with Crippen LogP contribution in [-0.4, -0.2) is 16.8 Å². The van der Waals surface area contributed by atoms with Crippen LogP contribution in [0, 0.1) is 0 Å². The molecule has 0 radical (unpaired) electrons. The number of thiazole rings is 1. The van der Waals surface area contributed by atoms with Gasteiger partial charge in [0.2, 0.25) is 11.8 Å². The zero-order valence-electron chi connectivity index (χ0n) is 16.0. The van der Waals surface area contributed by atoms with Crippen LogP contribution < -0.4 is 10.6 Å². The van der Waals surface area contributed by atoms with Crippen LogP contribution in [0.5, 0.6) is 0 Å². The molecule has 0 aliphatic heterocycles. The van der Waals surface area contributed by atoms with Crippen molar-refractivity contribution in [2.24, 2.45) is 0 Å². The third-order valence-corrected chi connectivity index (χ3v) is 5.66. The van der Waals surface area contributed by atoms with Crippen LogP contribution in [0.2, 0.25) is 0 Å². The Morgan fingerprint density at radius 1 is 1.14 bits per heavy atom. The van der Waals surface area contributed by atoms with Crippen LogP contribution in [0.3, 0.4) is 0 Å². The molecular weight excluding hydrogens is 450 g/mol. The van der Waals surface area contributed by atoms with Gasteiger partial charge in [0.25, 0.3) is 0 Å². The highest BCUT2D eigenvalue weighted by molar-refractivity contribution is 9.10. The molecule has 3 aromatic rings. The van der Waals surface area contributed by atoms with E-state index in [1.165, 1.54) is 24.3 Å². The second kappa shape index (κ2) is 9.62. The SMILES string of the molecule is CC(=O)NC(C)c1ccc(-c2csc(NC(=O)/C=C/c3ccccc3Br)n2)cc1. The van der Waals surface area contributed by atoms with Crippen molar-refractivity contribution in [3.8, 4) is 11.3 Å². The van der Waals surface area contributed by atoms with E-state index in [4.69, 9.17) is 0 Å². The minimum Gasteiger partial charge on any atom is -0.350 e. The molecule has 0 aliphatic rings. The summed E-state index contributed by atoms with van der Waals surface area (Å²) in [5.74, 6) is -0.295. The minimum absolute atomic E-state index is 0.0525. The average Bonchev–Trinajstić information content (AvgIpc) is 3.15. The molecular formula is C22H20BrN3O2S. The number of carbonyl (C=O) groups excluding carboxylic acids is 2. The predicted molar refractivity (Wildman–Crippen MR) is 122 cm³/mol. The summed E-state index contributed by atoms with van der Waals surface area (Å²) in [5.41, 5.74) is 3.68. The van der Waals surface area contributed by atoms with Crippen LogP contribution in [-0.2, 0) is 9.59 Å². The Labute approximate surface area is 182 Å². The van der Waals surface area contributed by atoms with Gasteiger partial charge in [-0.1, -0.05) is 58.4 Å². The number of aromatic nitrogens is 1. The number of carbonyl (C=O) groups is 2. The molecule has 0 spiro atoms. The van der Waals surface area contributed by atoms with Crippen molar-refractivity contribution in [3.63, 3.8) is 0 Å². The number of halogens is 1. The molecule has 148 valence electrons. The van der Waals surface area contributed by atoms with E-state index in [0.29, 0.717) is 5.13 Å². The van der Waals surface area contributed by atoms with E-state index in [2.05, 4.69) is 31.5 Å². The lowest BCUT2D eigenvalue weighted by Crippen LogP contribution is -2.23. The summed E-state index contributed by atoms with van der Waals surface area (Å²) in [6, 6.07) is 15.5. The van der Waals surface area contributed by atoms with Crippen molar-refractivity contribution in [1.29, 1.82) is 0 Å². The third-order valence-electron chi connectivity index (χ3n) is 4.18. The Morgan fingerprint density at radius 2 is 1.86 bits per heavy atom. The molecule has 1 unspecified atom stereocenters. The molecule has 7 heteroatoms. The predicted octanol–water partition coefficient (Wildman–Crippen LogP) is 5.42. The summed E-state index contributed by atoms with van der Waals surface area (Å²) in [4.78, 5) is 27.8. The molecule has 1 aromatic heterocycles. The first-order chi connectivity index (χ1) is 13.9. The summed E-state index contributed by atoms with van der Waals surface area (Å²) >= 11 is 4.83. The standard InChI is InChI=1S/C22H20BrN3O2S/c1-14(24-15(2)27)16-7-9-18(10-8-16)20-13-29-22(25-20)26-21(28)12-11-17-5-3-4-6-19(17)23/h3-14H,1-2H3,(H,24,27)(H,25,26,28)/b12-11+. The lowest BCUT2D eigenvalue weighted by molar-refractivity contribution is -0.119. The van der Waals surface area contributed by atoms with Crippen LogP contribution in [0.4, 0.5) is 5.13 Å². The summed E-state index contributed by atoms with van der Waals surface area (Å²) in [5, 5.41) is 8.10. The molecule has 1 heterocycles. The Morgan fingerprint density at radius 3 is 2.55 bits per heavy atom. The maximum absolute atomic E-state index is 12.2. The highest BCUT2D eigenvalue weighted by Gasteiger charge is 2.09. The van der Waals surface area contributed by atoms with E-state index in [-0.39, 0.29) is 17.9 Å². The molecule has 2 aromatic carbocycles. The number of rotatable bonds is 6. The number of nitrogens with one attached hydrogen (secondary N) is 2. The van der Waals surface area contributed by atoms with E-state index < -0.39 is 0 Å². The first-order valence-electron chi connectivity index (χ1n) is 8.99. The molecule has 2 N–H and O–H groups in total. The summed E-state index contributed by atoms with van der Waals surface area (Å²) in [7, 11) is 0. The normalized spacial score (nSPS) is 12.0. The molecule has 0 saturated carbocycles. The molecule has 3 rings (SSSR count). The van der Waals surface area contributed by atoms with Crippen LogP contribution >= 0.6 is 27.3 Å². The van der Waals surface area contributed by atoms with Gasteiger partial charge in [0.15, 0.2) is 5.13 Å². The number of hydrogen-bond acceptors (Lipinski definition) is 4. The topological polar surface area (TPSA) is 71.1 Å². The molecule has 0 saturated heterocycles. The Balaban J connectivity index is 1.64. The summed E-state index contributed by atoms with van der Waals surface area (Å²) in [6.07, 6.45) is 3.24. The fourth-order valence-corrected chi connectivity index (χ4v) is 3.86. The van der Waals surface area contributed by atoms with Gasteiger partial charge < -0.3 is 5.32 Å². The largest absolute Gasteiger partial charge is 0.350 e. The second-order valence-electron chi connectivity index (χ2n) is 6.43. The number of amides is 2. The lowest BCUT2D eigenvalue weighted by atomic mass is 10.1. The fraction of sp³-hybridized carbons (Fsp3) is 0.136. The molecule has 5 nitrogen and oxygen atoms in total. The van der Waals surface area contributed by atoms with E-state index >= 15 is 0 Å². The Kier molecular flexibility index (Phi) is 6.95. The maximum atomic E-state index is 12.2. The molecule has 0 bridgehead atoms. The summed E-state index contributed by atoms with van der Waals surface area (Å²) < 4.78 is 0.928. The molecule has 0 fully saturated rings. The zero-order chi connectivity index (χ0) is 20.8. The van der Waals surface area contributed by atoms with Crippen LogP contribution in [0.15, 0.2) is 64.5 Å². The van der Waals surface area contributed by atoms with Crippen molar-refractivity contribution in [3.05, 3.63) is 75.6 Å². The van der Waals surface area contributed by atoms with Gasteiger partial charge in [-0.3, -0.25) is 14.9 Å². The second-order valence-corrected chi connectivity index (χ2v) is 8.14. The first-order valence-corrected chi connectivity index (χ1v) is 10.7. The Bertz CT molecular complexity index is 1040. The Hall–Kier alpha value is -2.77. The van der Waals surface area contributed by atoms with Crippen molar-refractivity contribution < 1.29 is 9.59 Å². The maximum Gasteiger partial charge on any atom is 0.250 e. The summed E-state index contributed by atoms with van der Waals surface area (Å²) in [6.45, 7) is 3.44. The number of hydrogen-bond donors (Lipinski definition) is 2. The van der Waals surface area contributed by atoms with Crippen molar-refractivity contribution in [2.75, 3.05) is 5.32 Å². The highest BCUT2D eigenvalue weighted by atomic mass is 79.9. The zero-order valence-corrected chi connectivity index (χ0v) is 18.4. The number of anilines is 1. The van der Waals surface area contributed by atoms with Gasteiger partial charge in [-0.05, 0) is 30.2 Å². The molecule has 0 aliphatic carbocycles. The molecule has 29 heavy (non-hydrogen) atoms. The van der Waals surface area contributed by atoms with E-state index in [1.807, 2.05) is 60.8 Å². The number of nitrogens with zero attached hydrogens (tertiary/aromatic N) is 1. The van der Waals surface area contributed by atoms with Gasteiger partial charge in [-0.15, -0.1) is 11.3 Å². The van der Waals surface area contributed by atoms with Gasteiger partial charge in [0, 0.05) is 28.4 Å². The minimum atomic E-state index is -0.235. The van der Waals surface area contributed by atoms with Crippen LogP contribution in [0.1, 0.15) is 31.0 Å². The monoisotopic (exact) mass is 469 g/mol. The van der Waals surface area contributed by atoms with Gasteiger partial charge in [0.1, 0.15) is 0 Å². The molecule has 1 atom stereocenters. The quantitative estimate of drug-likeness (QED) is 0.473. The highest BCUT2D eigenvalue weighted by Crippen LogP contribution is 2.26. The van der Waals surface area contributed by atoms with E-state index in [9.17, 15) is 9.59 Å². The smallest absolute Gasteiger partial charge is 0.250 e. The van der Waals surface area contributed by atoms with Crippen molar-refractivity contribution >= 4 is 50.3 Å². The van der Waals surface area contributed by atoms with Gasteiger partial charge in [-0.25, -0.2) is 4.98 Å². The van der Waals surface area contributed by atoms with Crippen molar-refractivity contribution in [2.45, 2.75) is 19.9 Å². The van der Waals surface area contributed by atoms with E-state index in [0.717, 1.165) is 26.9 Å². The van der Waals surface area contributed by atoms with Gasteiger partial charge >= 0.3 is 0 Å². The molecule has 2 amide bonds.